The van der Waals surface area contributed by atoms with Crippen LogP contribution in [-0.4, -0.2) is 52.0 Å². The van der Waals surface area contributed by atoms with E-state index < -0.39 is 9.84 Å². The molecule has 1 rings (SSSR count). The molecule has 0 aliphatic heterocycles. The number of hydrogen-bond donors (Lipinski definition) is 1. The lowest BCUT2D eigenvalue weighted by molar-refractivity contribution is 0.367. The summed E-state index contributed by atoms with van der Waals surface area (Å²) < 4.78 is 22.1. The van der Waals surface area contributed by atoms with Crippen molar-refractivity contribution in [3.05, 3.63) is 29.8 Å². The van der Waals surface area contributed by atoms with Crippen LogP contribution in [0.25, 0.3) is 0 Å². The highest BCUT2D eigenvalue weighted by atomic mass is 32.2. The van der Waals surface area contributed by atoms with Crippen LogP contribution in [0, 0.1) is 6.92 Å². The van der Waals surface area contributed by atoms with Crippen LogP contribution in [0.1, 0.15) is 5.56 Å². The fourth-order valence-corrected chi connectivity index (χ4v) is 2.23. The summed E-state index contributed by atoms with van der Waals surface area (Å²) in [4.78, 5) is 2.02. The molecule has 0 spiro atoms. The number of sulfone groups is 1. The molecule has 0 bridgehead atoms. The summed E-state index contributed by atoms with van der Waals surface area (Å²) in [6, 6.07) is 8.13. The van der Waals surface area contributed by atoms with Gasteiger partial charge in [-0.15, -0.1) is 0 Å². The Hall–Kier alpha value is -1.07. The maximum atomic E-state index is 11.0. The van der Waals surface area contributed by atoms with Gasteiger partial charge in [-0.05, 0) is 25.6 Å². The Labute approximate surface area is 110 Å². The normalized spacial score (nSPS) is 11.8. The van der Waals surface area contributed by atoms with Crippen molar-refractivity contribution >= 4 is 15.5 Å². The highest BCUT2D eigenvalue weighted by Crippen LogP contribution is 2.12. The summed E-state index contributed by atoms with van der Waals surface area (Å²) in [5.41, 5.74) is 2.35. The van der Waals surface area contributed by atoms with E-state index >= 15 is 0 Å². The second-order valence-corrected chi connectivity index (χ2v) is 6.93. The van der Waals surface area contributed by atoms with Crippen molar-refractivity contribution in [2.45, 2.75) is 6.92 Å². The quantitative estimate of drug-likeness (QED) is 0.813. The van der Waals surface area contributed by atoms with Gasteiger partial charge in [-0.2, -0.15) is 0 Å². The van der Waals surface area contributed by atoms with Crippen LogP contribution in [0.4, 0.5) is 5.69 Å². The maximum Gasteiger partial charge on any atom is 0.148 e. The van der Waals surface area contributed by atoms with Crippen molar-refractivity contribution in [3.63, 3.8) is 0 Å². The molecule has 1 aromatic carbocycles. The van der Waals surface area contributed by atoms with Crippen molar-refractivity contribution in [2.24, 2.45) is 0 Å². The Bertz CT molecular complexity index is 472. The smallest absolute Gasteiger partial charge is 0.148 e. The first-order valence-electron chi connectivity index (χ1n) is 6.04. The third-order valence-corrected chi connectivity index (χ3v) is 3.72. The minimum atomic E-state index is -2.87. The number of benzene rings is 1. The molecule has 4 nitrogen and oxygen atoms in total. The van der Waals surface area contributed by atoms with Crippen LogP contribution in [0.5, 0.6) is 0 Å². The number of anilines is 1. The number of para-hydroxylation sites is 1. The standard InChI is InChI=1S/C13H22N2O2S/c1-12-6-4-5-7-13(12)14-8-9-15(2)10-11-18(3,16)17/h4-7,14H,8-11H2,1-3H3. The molecule has 0 heterocycles. The summed E-state index contributed by atoms with van der Waals surface area (Å²) in [5.74, 6) is 0.216. The third-order valence-electron chi connectivity index (χ3n) is 2.80. The summed E-state index contributed by atoms with van der Waals surface area (Å²) >= 11 is 0. The molecule has 0 saturated carbocycles. The van der Waals surface area contributed by atoms with Gasteiger partial charge < -0.3 is 10.2 Å². The number of nitrogens with one attached hydrogen (secondary N) is 1. The maximum absolute atomic E-state index is 11.0. The lowest BCUT2D eigenvalue weighted by Gasteiger charge is -2.17. The monoisotopic (exact) mass is 270 g/mol. The molecule has 1 N–H and O–H groups in total. The summed E-state index contributed by atoms with van der Waals surface area (Å²) in [5, 5.41) is 3.35. The van der Waals surface area contributed by atoms with E-state index in [4.69, 9.17) is 0 Å². The van der Waals surface area contributed by atoms with Crippen molar-refractivity contribution in [1.82, 2.24) is 4.90 Å². The first kappa shape index (κ1) is 15.0. The molecule has 0 amide bonds. The molecule has 0 aliphatic rings. The Kier molecular flexibility index (Phi) is 5.62. The van der Waals surface area contributed by atoms with Crippen LogP contribution in [-0.2, 0) is 9.84 Å². The first-order valence-corrected chi connectivity index (χ1v) is 8.10. The Morgan fingerprint density at radius 3 is 2.50 bits per heavy atom. The van der Waals surface area contributed by atoms with Crippen molar-refractivity contribution in [3.8, 4) is 0 Å². The van der Waals surface area contributed by atoms with Gasteiger partial charge in [0.1, 0.15) is 9.84 Å². The number of rotatable bonds is 7. The fraction of sp³-hybridized carbons (Fsp3) is 0.538. The molecule has 0 radical (unpaired) electrons. The van der Waals surface area contributed by atoms with E-state index in [1.807, 2.05) is 30.1 Å². The molecule has 0 unspecified atom stereocenters. The lowest BCUT2D eigenvalue weighted by atomic mass is 10.2. The largest absolute Gasteiger partial charge is 0.384 e. The predicted molar refractivity (Wildman–Crippen MR) is 76.9 cm³/mol. The second kappa shape index (κ2) is 6.75. The van der Waals surface area contributed by atoms with Gasteiger partial charge in [0.15, 0.2) is 0 Å². The number of nitrogens with zero attached hydrogens (tertiary/aromatic N) is 1. The summed E-state index contributed by atoms with van der Waals surface area (Å²) in [7, 11) is -0.930. The van der Waals surface area contributed by atoms with Gasteiger partial charge in [0.2, 0.25) is 0 Å². The fourth-order valence-electron chi connectivity index (χ4n) is 1.59. The zero-order valence-electron chi connectivity index (χ0n) is 11.3. The molecule has 0 aliphatic carbocycles. The molecule has 102 valence electrons. The van der Waals surface area contributed by atoms with E-state index in [2.05, 4.69) is 18.3 Å². The molecule has 0 fully saturated rings. The van der Waals surface area contributed by atoms with E-state index in [0.29, 0.717) is 6.54 Å². The second-order valence-electron chi connectivity index (χ2n) is 4.67. The molecule has 18 heavy (non-hydrogen) atoms. The SMILES string of the molecule is Cc1ccccc1NCCN(C)CCS(C)(=O)=O. The average molecular weight is 270 g/mol. The lowest BCUT2D eigenvalue weighted by Crippen LogP contribution is -2.29. The van der Waals surface area contributed by atoms with Crippen LogP contribution in [0.15, 0.2) is 24.3 Å². The zero-order valence-corrected chi connectivity index (χ0v) is 12.1. The summed E-state index contributed by atoms with van der Waals surface area (Å²) in [6.45, 7) is 4.28. The van der Waals surface area contributed by atoms with E-state index in [9.17, 15) is 8.42 Å². The van der Waals surface area contributed by atoms with Crippen molar-refractivity contribution in [1.29, 1.82) is 0 Å². The number of hydrogen-bond acceptors (Lipinski definition) is 4. The highest BCUT2D eigenvalue weighted by molar-refractivity contribution is 7.90. The topological polar surface area (TPSA) is 49.4 Å². The average Bonchev–Trinajstić information content (AvgIpc) is 2.28. The van der Waals surface area contributed by atoms with Gasteiger partial charge in [-0.25, -0.2) is 8.42 Å². The van der Waals surface area contributed by atoms with Gasteiger partial charge in [0.05, 0.1) is 5.75 Å². The first-order chi connectivity index (χ1) is 8.38. The van der Waals surface area contributed by atoms with Crippen molar-refractivity contribution < 1.29 is 8.42 Å². The van der Waals surface area contributed by atoms with Crippen LogP contribution < -0.4 is 5.32 Å². The predicted octanol–water partition coefficient (Wildman–Crippen LogP) is 1.38. The number of likely N-dealkylation sites (N-methyl/N-ethyl adjacent to an activating group) is 1. The highest BCUT2D eigenvalue weighted by Gasteiger charge is 2.05. The number of aryl methyl sites for hydroxylation is 1. The minimum Gasteiger partial charge on any atom is -0.384 e. The zero-order chi connectivity index (χ0) is 13.6. The van der Waals surface area contributed by atoms with Crippen molar-refractivity contribution in [2.75, 3.05) is 44.0 Å². The third kappa shape index (κ3) is 6.02. The van der Waals surface area contributed by atoms with E-state index in [1.54, 1.807) is 0 Å². The van der Waals surface area contributed by atoms with Crippen LogP contribution in [0.3, 0.4) is 0 Å². The Morgan fingerprint density at radius 2 is 1.89 bits per heavy atom. The van der Waals surface area contributed by atoms with Gasteiger partial charge in [0.25, 0.3) is 0 Å². The van der Waals surface area contributed by atoms with Crippen LogP contribution >= 0.6 is 0 Å². The van der Waals surface area contributed by atoms with Crippen LogP contribution in [0.2, 0.25) is 0 Å². The molecule has 0 atom stereocenters. The molecule has 0 aromatic heterocycles. The van der Waals surface area contributed by atoms with E-state index in [0.717, 1.165) is 18.8 Å². The van der Waals surface area contributed by atoms with Gasteiger partial charge in [-0.3, -0.25) is 0 Å². The molecule has 1 aromatic rings. The molecular weight excluding hydrogens is 248 g/mol. The summed E-state index contributed by atoms with van der Waals surface area (Å²) in [6.07, 6.45) is 1.27. The molecular formula is C13H22N2O2S. The van der Waals surface area contributed by atoms with Gasteiger partial charge in [0, 0.05) is 31.6 Å². The Morgan fingerprint density at radius 1 is 1.22 bits per heavy atom. The van der Waals surface area contributed by atoms with Gasteiger partial charge in [-0.1, -0.05) is 18.2 Å². The molecule has 0 saturated heterocycles. The van der Waals surface area contributed by atoms with Gasteiger partial charge >= 0.3 is 0 Å². The van der Waals surface area contributed by atoms with E-state index in [-0.39, 0.29) is 5.75 Å². The minimum absolute atomic E-state index is 0.216. The molecule has 5 heteroatoms. The van der Waals surface area contributed by atoms with E-state index in [1.165, 1.54) is 11.8 Å². The Balaban J connectivity index is 2.28.